The summed E-state index contributed by atoms with van der Waals surface area (Å²) < 4.78 is 11.2. The molecule has 0 amide bonds. The third-order valence-corrected chi connectivity index (χ3v) is 5.85. The molecule has 0 saturated carbocycles. The molecule has 2 heterocycles. The van der Waals surface area contributed by atoms with E-state index in [1.807, 2.05) is 12.3 Å². The lowest BCUT2D eigenvalue weighted by molar-refractivity contribution is -0.384. The summed E-state index contributed by atoms with van der Waals surface area (Å²) in [6.07, 6.45) is 1.04. The van der Waals surface area contributed by atoms with Crippen LogP contribution in [0.2, 0.25) is 5.02 Å². The van der Waals surface area contributed by atoms with Crippen molar-refractivity contribution in [1.82, 2.24) is 4.98 Å². The third-order valence-electron chi connectivity index (χ3n) is 3.37. The van der Waals surface area contributed by atoms with E-state index in [2.05, 4.69) is 4.98 Å². The molecule has 0 atom stereocenters. The molecular formula is C17H11ClN2O6S2. The largest absolute Gasteiger partial charge is 0.464 e. The summed E-state index contributed by atoms with van der Waals surface area (Å²) in [4.78, 5) is 38.8. The fourth-order valence-corrected chi connectivity index (χ4v) is 3.98. The zero-order chi connectivity index (χ0) is 20.3. The van der Waals surface area contributed by atoms with Crippen LogP contribution >= 0.6 is 34.7 Å². The number of rotatable bonds is 6. The Bertz CT molecular complexity index is 1110. The van der Waals surface area contributed by atoms with E-state index in [0.29, 0.717) is 11.5 Å². The van der Waals surface area contributed by atoms with Crippen LogP contribution in [0.4, 0.5) is 5.69 Å². The van der Waals surface area contributed by atoms with Gasteiger partial charge in [-0.25, -0.2) is 9.78 Å². The van der Waals surface area contributed by atoms with E-state index in [-0.39, 0.29) is 16.3 Å². The number of carbonyl (C=O) groups is 1. The number of halogens is 1. The van der Waals surface area contributed by atoms with Gasteiger partial charge in [0, 0.05) is 23.2 Å². The van der Waals surface area contributed by atoms with Gasteiger partial charge in [0.05, 0.1) is 16.2 Å². The molecule has 0 fully saturated rings. The monoisotopic (exact) mass is 438 g/mol. The van der Waals surface area contributed by atoms with Crippen molar-refractivity contribution in [1.29, 1.82) is 0 Å². The Morgan fingerprint density at radius 1 is 1.43 bits per heavy atom. The van der Waals surface area contributed by atoms with Crippen LogP contribution in [0.5, 0.6) is 5.75 Å². The van der Waals surface area contributed by atoms with Crippen LogP contribution in [0, 0.1) is 17.0 Å². The Morgan fingerprint density at radius 3 is 2.86 bits per heavy atom. The highest BCUT2D eigenvalue weighted by Crippen LogP contribution is 2.27. The number of benzene rings is 1. The molecule has 3 aromatic rings. The van der Waals surface area contributed by atoms with E-state index in [4.69, 9.17) is 20.8 Å². The number of carbonyl (C=O) groups excluding carboxylic acids is 1. The summed E-state index contributed by atoms with van der Waals surface area (Å²) in [6, 6.07) is 4.67. The van der Waals surface area contributed by atoms with E-state index in [9.17, 15) is 19.7 Å². The van der Waals surface area contributed by atoms with Crippen molar-refractivity contribution in [3.63, 3.8) is 0 Å². The number of aromatic nitrogens is 1. The van der Waals surface area contributed by atoms with Crippen molar-refractivity contribution in [3.05, 3.63) is 78.3 Å². The minimum Gasteiger partial charge on any atom is -0.464 e. The minimum atomic E-state index is -0.938. The molecule has 0 radical (unpaired) electrons. The predicted octanol–water partition coefficient (Wildman–Crippen LogP) is 4.48. The number of hydrogen-bond acceptors (Lipinski definition) is 9. The van der Waals surface area contributed by atoms with Crippen LogP contribution in [-0.2, 0) is 5.75 Å². The second-order valence-electron chi connectivity index (χ2n) is 5.43. The average molecular weight is 439 g/mol. The molecule has 2 aromatic heterocycles. The smallest absolute Gasteiger partial charge is 0.344 e. The molecule has 3 rings (SSSR count). The standard InChI is InChI=1S/C17H11ClN2O6S2/c1-9-7-27-17(19-9)28-8-11-5-14(21)15(6-25-11)26-16(22)10-2-3-12(18)13(4-10)20(23)24/h2-7H,8H2,1H3. The predicted molar refractivity (Wildman–Crippen MR) is 104 cm³/mol. The molecule has 0 aliphatic rings. The van der Waals surface area contributed by atoms with E-state index in [1.54, 1.807) is 0 Å². The maximum absolute atomic E-state index is 12.2. The fraction of sp³-hybridized carbons (Fsp3) is 0.118. The van der Waals surface area contributed by atoms with Gasteiger partial charge in [0.25, 0.3) is 5.69 Å². The Balaban J connectivity index is 1.70. The Labute approximate surface area is 171 Å². The second-order valence-corrected chi connectivity index (χ2v) is 7.92. The van der Waals surface area contributed by atoms with E-state index >= 15 is 0 Å². The summed E-state index contributed by atoms with van der Waals surface area (Å²) in [7, 11) is 0. The molecule has 0 aliphatic heterocycles. The number of nitro benzene ring substituents is 1. The number of nitro groups is 1. The van der Waals surface area contributed by atoms with Gasteiger partial charge in [-0.15, -0.1) is 11.3 Å². The van der Waals surface area contributed by atoms with Gasteiger partial charge in [-0.2, -0.15) is 0 Å². The molecule has 0 spiro atoms. The highest BCUT2D eigenvalue weighted by molar-refractivity contribution is 8.00. The van der Waals surface area contributed by atoms with Crippen molar-refractivity contribution in [2.45, 2.75) is 17.0 Å². The lowest BCUT2D eigenvalue weighted by atomic mass is 10.2. The number of hydrogen-bond donors (Lipinski definition) is 0. The lowest BCUT2D eigenvalue weighted by Gasteiger charge is -2.05. The molecule has 1 aromatic carbocycles. The molecule has 144 valence electrons. The number of ether oxygens (including phenoxy) is 1. The lowest BCUT2D eigenvalue weighted by Crippen LogP contribution is -2.15. The van der Waals surface area contributed by atoms with Crippen LogP contribution in [0.15, 0.2) is 49.5 Å². The number of nitrogens with zero attached hydrogens (tertiary/aromatic N) is 2. The van der Waals surface area contributed by atoms with Crippen molar-refractivity contribution in [2.75, 3.05) is 0 Å². The summed E-state index contributed by atoms with van der Waals surface area (Å²) in [5.41, 5.74) is -0.185. The molecular weight excluding hydrogens is 428 g/mol. The van der Waals surface area contributed by atoms with Crippen molar-refractivity contribution in [2.24, 2.45) is 0 Å². The van der Waals surface area contributed by atoms with Crippen molar-refractivity contribution < 1.29 is 18.9 Å². The second kappa shape index (κ2) is 8.55. The van der Waals surface area contributed by atoms with Gasteiger partial charge >= 0.3 is 5.97 Å². The molecule has 0 bridgehead atoms. The summed E-state index contributed by atoms with van der Waals surface area (Å²) >= 11 is 8.62. The van der Waals surface area contributed by atoms with Crippen LogP contribution in [0.3, 0.4) is 0 Å². The van der Waals surface area contributed by atoms with Gasteiger partial charge in [0.15, 0.2) is 4.34 Å². The Morgan fingerprint density at radius 2 is 2.21 bits per heavy atom. The summed E-state index contributed by atoms with van der Waals surface area (Å²) in [5, 5.41) is 12.7. The highest BCUT2D eigenvalue weighted by Gasteiger charge is 2.19. The first-order chi connectivity index (χ1) is 13.3. The van der Waals surface area contributed by atoms with Gasteiger partial charge < -0.3 is 9.15 Å². The number of aryl methyl sites for hydroxylation is 1. The Hall–Kier alpha value is -2.69. The number of esters is 1. The maximum atomic E-state index is 12.2. The number of thioether (sulfide) groups is 1. The summed E-state index contributed by atoms with van der Waals surface area (Å²) in [6.45, 7) is 1.89. The first-order valence-corrected chi connectivity index (χ1v) is 9.90. The van der Waals surface area contributed by atoms with Gasteiger partial charge in [-0.1, -0.05) is 23.4 Å². The van der Waals surface area contributed by atoms with Gasteiger partial charge in [0.2, 0.25) is 11.2 Å². The molecule has 0 unspecified atom stereocenters. The van der Waals surface area contributed by atoms with Gasteiger partial charge in [-0.05, 0) is 19.1 Å². The normalized spacial score (nSPS) is 10.6. The molecule has 0 aliphatic carbocycles. The van der Waals surface area contributed by atoms with Crippen molar-refractivity contribution in [3.8, 4) is 5.75 Å². The Kier molecular flexibility index (Phi) is 6.12. The van der Waals surface area contributed by atoms with Crippen LogP contribution in [-0.4, -0.2) is 15.9 Å². The molecule has 8 nitrogen and oxygen atoms in total. The highest BCUT2D eigenvalue weighted by atomic mass is 35.5. The quantitative estimate of drug-likeness (QED) is 0.239. The van der Waals surface area contributed by atoms with Crippen LogP contribution < -0.4 is 10.2 Å². The van der Waals surface area contributed by atoms with Gasteiger partial charge in [-0.3, -0.25) is 14.9 Å². The van der Waals surface area contributed by atoms with E-state index < -0.39 is 22.0 Å². The maximum Gasteiger partial charge on any atom is 0.344 e. The van der Waals surface area contributed by atoms with Crippen molar-refractivity contribution >= 4 is 46.4 Å². The fourth-order valence-electron chi connectivity index (χ4n) is 2.06. The summed E-state index contributed by atoms with van der Waals surface area (Å²) in [5.74, 6) is -0.474. The van der Waals surface area contributed by atoms with E-state index in [0.717, 1.165) is 22.4 Å². The van der Waals surface area contributed by atoms with Crippen LogP contribution in [0.1, 0.15) is 21.8 Å². The molecule has 11 heteroatoms. The third kappa shape index (κ3) is 4.77. The zero-order valence-corrected chi connectivity index (χ0v) is 16.6. The molecule has 0 saturated heterocycles. The average Bonchev–Trinajstić information content (AvgIpc) is 3.07. The van der Waals surface area contributed by atoms with Gasteiger partial charge in [0.1, 0.15) is 17.0 Å². The number of thiazole rings is 1. The molecule has 28 heavy (non-hydrogen) atoms. The first kappa shape index (κ1) is 20.1. The zero-order valence-electron chi connectivity index (χ0n) is 14.2. The SMILES string of the molecule is Cc1csc(SCc2cc(=O)c(OC(=O)c3ccc(Cl)c([N+](=O)[O-])c3)co2)n1. The van der Waals surface area contributed by atoms with E-state index in [1.165, 1.54) is 41.3 Å². The minimum absolute atomic E-state index is 0.113. The van der Waals surface area contributed by atoms with Crippen LogP contribution in [0.25, 0.3) is 0 Å². The topological polar surface area (TPSA) is 113 Å². The molecule has 0 N–H and O–H groups in total. The first-order valence-electron chi connectivity index (χ1n) is 7.66.